The van der Waals surface area contributed by atoms with Crippen molar-refractivity contribution >= 4 is 22.6 Å². The number of hydrogen-bond donors (Lipinski definition) is 2. The summed E-state index contributed by atoms with van der Waals surface area (Å²) in [7, 11) is 0. The second kappa shape index (κ2) is 5.50. The number of nitrogens with one attached hydrogen (secondary N) is 1. The van der Waals surface area contributed by atoms with Crippen LogP contribution < -0.4 is 5.32 Å². The predicted octanol–water partition coefficient (Wildman–Crippen LogP) is 1.37. The molecular weight excluding hydrogens is 265 g/mol. The van der Waals surface area contributed by atoms with Crippen molar-refractivity contribution in [3.8, 4) is 0 Å². The van der Waals surface area contributed by atoms with Crippen molar-refractivity contribution in [3.05, 3.63) is 33.4 Å². The molecule has 2 N–H and O–H groups in total. The van der Waals surface area contributed by atoms with Gasteiger partial charge >= 0.3 is 0 Å². The van der Waals surface area contributed by atoms with Gasteiger partial charge in [-0.2, -0.15) is 0 Å². The Bertz CT molecular complexity index is 222. The highest BCUT2D eigenvalue weighted by atomic mass is 127. The number of benzene rings is 1. The number of hydrogen-bond acceptors (Lipinski definition) is 2. The molecule has 0 aliphatic carbocycles. The standard InChI is InChI=1S/C9H12INO/c10-9-3-1-8(2-4-9)7-11-5-6-12/h1-4,11-12H,5-7H2. The average Bonchev–Trinajstić information content (AvgIpc) is 2.09. The van der Waals surface area contributed by atoms with E-state index in [-0.39, 0.29) is 6.61 Å². The van der Waals surface area contributed by atoms with Crippen LogP contribution in [0.4, 0.5) is 0 Å². The van der Waals surface area contributed by atoms with E-state index in [2.05, 4.69) is 52.2 Å². The highest BCUT2D eigenvalue weighted by molar-refractivity contribution is 14.1. The van der Waals surface area contributed by atoms with E-state index in [4.69, 9.17) is 5.11 Å². The zero-order valence-corrected chi connectivity index (χ0v) is 8.91. The average molecular weight is 277 g/mol. The lowest BCUT2D eigenvalue weighted by Gasteiger charge is -2.02. The minimum Gasteiger partial charge on any atom is -0.395 e. The van der Waals surface area contributed by atoms with E-state index in [1.54, 1.807) is 0 Å². The molecule has 12 heavy (non-hydrogen) atoms. The molecule has 0 aliphatic rings. The van der Waals surface area contributed by atoms with E-state index in [0.29, 0.717) is 6.54 Å². The van der Waals surface area contributed by atoms with Gasteiger partial charge in [0.05, 0.1) is 6.61 Å². The Balaban J connectivity index is 2.37. The van der Waals surface area contributed by atoms with Gasteiger partial charge < -0.3 is 10.4 Å². The Morgan fingerprint density at radius 3 is 2.50 bits per heavy atom. The van der Waals surface area contributed by atoms with Crippen molar-refractivity contribution in [1.29, 1.82) is 0 Å². The van der Waals surface area contributed by atoms with Crippen LogP contribution in [0.1, 0.15) is 5.56 Å². The molecule has 0 aliphatic heterocycles. The fraction of sp³-hybridized carbons (Fsp3) is 0.333. The highest BCUT2D eigenvalue weighted by Crippen LogP contribution is 2.05. The molecule has 3 heteroatoms. The van der Waals surface area contributed by atoms with Gasteiger partial charge in [-0.3, -0.25) is 0 Å². The molecule has 0 aromatic heterocycles. The summed E-state index contributed by atoms with van der Waals surface area (Å²) >= 11 is 2.28. The molecule has 2 nitrogen and oxygen atoms in total. The maximum atomic E-state index is 8.52. The van der Waals surface area contributed by atoms with E-state index >= 15 is 0 Å². The highest BCUT2D eigenvalue weighted by Gasteiger charge is 1.90. The molecule has 0 atom stereocenters. The first-order valence-corrected chi connectivity index (χ1v) is 4.97. The maximum Gasteiger partial charge on any atom is 0.0556 e. The fourth-order valence-electron chi connectivity index (χ4n) is 0.914. The smallest absolute Gasteiger partial charge is 0.0556 e. The molecular formula is C9H12INO. The van der Waals surface area contributed by atoms with Gasteiger partial charge in [0.15, 0.2) is 0 Å². The quantitative estimate of drug-likeness (QED) is 0.643. The third-order valence-corrected chi connectivity index (χ3v) is 2.25. The van der Waals surface area contributed by atoms with Gasteiger partial charge in [0, 0.05) is 16.7 Å². The molecule has 1 rings (SSSR count). The summed E-state index contributed by atoms with van der Waals surface area (Å²) in [6.45, 7) is 1.69. The number of aliphatic hydroxyl groups excluding tert-OH is 1. The van der Waals surface area contributed by atoms with Crippen LogP contribution in [0.15, 0.2) is 24.3 Å². The third kappa shape index (κ3) is 3.51. The van der Waals surface area contributed by atoms with Crippen molar-refractivity contribution < 1.29 is 5.11 Å². The first kappa shape index (κ1) is 9.95. The summed E-state index contributed by atoms with van der Waals surface area (Å²) in [6, 6.07) is 8.34. The van der Waals surface area contributed by atoms with Crippen molar-refractivity contribution in [2.75, 3.05) is 13.2 Å². The van der Waals surface area contributed by atoms with Gasteiger partial charge in [0.1, 0.15) is 0 Å². The third-order valence-electron chi connectivity index (χ3n) is 1.53. The Morgan fingerprint density at radius 1 is 1.25 bits per heavy atom. The molecule has 0 radical (unpaired) electrons. The Kier molecular flexibility index (Phi) is 4.57. The van der Waals surface area contributed by atoms with Crippen LogP contribution in [-0.4, -0.2) is 18.3 Å². The molecule has 0 saturated heterocycles. The van der Waals surface area contributed by atoms with Gasteiger partial charge in [-0.1, -0.05) is 12.1 Å². The summed E-state index contributed by atoms with van der Waals surface area (Å²) < 4.78 is 1.25. The van der Waals surface area contributed by atoms with Crippen LogP contribution in [0.3, 0.4) is 0 Å². The summed E-state index contributed by atoms with van der Waals surface area (Å²) in [5.74, 6) is 0. The largest absolute Gasteiger partial charge is 0.395 e. The van der Waals surface area contributed by atoms with E-state index in [9.17, 15) is 0 Å². The minimum absolute atomic E-state index is 0.199. The van der Waals surface area contributed by atoms with E-state index < -0.39 is 0 Å². The molecule has 0 saturated carbocycles. The number of aliphatic hydroxyl groups is 1. The van der Waals surface area contributed by atoms with Crippen molar-refractivity contribution in [3.63, 3.8) is 0 Å². The minimum atomic E-state index is 0.199. The van der Waals surface area contributed by atoms with E-state index in [1.165, 1.54) is 9.13 Å². The number of rotatable bonds is 4. The molecule has 0 amide bonds. The summed E-state index contributed by atoms with van der Waals surface area (Å²) in [6.07, 6.45) is 0. The Morgan fingerprint density at radius 2 is 1.92 bits per heavy atom. The maximum absolute atomic E-state index is 8.52. The second-order valence-electron chi connectivity index (χ2n) is 2.53. The lowest BCUT2D eigenvalue weighted by Crippen LogP contribution is -2.17. The van der Waals surface area contributed by atoms with Crippen molar-refractivity contribution in [2.45, 2.75) is 6.54 Å². The summed E-state index contributed by atoms with van der Waals surface area (Å²) in [5, 5.41) is 11.6. The lowest BCUT2D eigenvalue weighted by atomic mass is 10.2. The Hall–Kier alpha value is -0.130. The first-order chi connectivity index (χ1) is 5.83. The topological polar surface area (TPSA) is 32.3 Å². The van der Waals surface area contributed by atoms with Crippen LogP contribution >= 0.6 is 22.6 Å². The number of halogens is 1. The molecule has 0 unspecified atom stereocenters. The first-order valence-electron chi connectivity index (χ1n) is 3.89. The Labute approximate surface area is 86.1 Å². The zero-order valence-electron chi connectivity index (χ0n) is 6.76. The van der Waals surface area contributed by atoms with Crippen LogP contribution in [0.5, 0.6) is 0 Å². The molecule has 0 heterocycles. The predicted molar refractivity (Wildman–Crippen MR) is 58.0 cm³/mol. The normalized spacial score (nSPS) is 10.2. The monoisotopic (exact) mass is 277 g/mol. The molecule has 1 aromatic rings. The van der Waals surface area contributed by atoms with E-state index in [0.717, 1.165) is 6.54 Å². The van der Waals surface area contributed by atoms with Crippen LogP contribution in [0.2, 0.25) is 0 Å². The molecule has 66 valence electrons. The molecule has 0 bridgehead atoms. The van der Waals surface area contributed by atoms with Crippen molar-refractivity contribution in [2.24, 2.45) is 0 Å². The SMILES string of the molecule is OCCNCc1ccc(I)cc1. The van der Waals surface area contributed by atoms with Crippen LogP contribution in [0.25, 0.3) is 0 Å². The van der Waals surface area contributed by atoms with Gasteiger partial charge in [-0.25, -0.2) is 0 Å². The second-order valence-corrected chi connectivity index (χ2v) is 3.77. The van der Waals surface area contributed by atoms with Gasteiger partial charge in [-0.15, -0.1) is 0 Å². The van der Waals surface area contributed by atoms with Gasteiger partial charge in [0.25, 0.3) is 0 Å². The fourth-order valence-corrected chi connectivity index (χ4v) is 1.27. The van der Waals surface area contributed by atoms with Crippen LogP contribution in [0, 0.1) is 3.57 Å². The zero-order chi connectivity index (χ0) is 8.81. The van der Waals surface area contributed by atoms with Gasteiger partial charge in [-0.05, 0) is 40.3 Å². The van der Waals surface area contributed by atoms with E-state index in [1.807, 2.05) is 0 Å². The van der Waals surface area contributed by atoms with Crippen molar-refractivity contribution in [1.82, 2.24) is 5.32 Å². The molecule has 1 aromatic carbocycles. The molecule has 0 spiro atoms. The summed E-state index contributed by atoms with van der Waals surface area (Å²) in [5.41, 5.74) is 1.25. The van der Waals surface area contributed by atoms with Gasteiger partial charge in [0.2, 0.25) is 0 Å². The lowest BCUT2D eigenvalue weighted by molar-refractivity contribution is 0.292. The van der Waals surface area contributed by atoms with Crippen LogP contribution in [-0.2, 0) is 6.54 Å². The molecule has 0 fully saturated rings. The summed E-state index contributed by atoms with van der Waals surface area (Å²) in [4.78, 5) is 0.